The molecule has 0 N–H and O–H groups in total. The highest BCUT2D eigenvalue weighted by Gasteiger charge is 2.35. The number of hydrogen-bond acceptors (Lipinski definition) is 8. The second-order valence-corrected chi connectivity index (χ2v) is 12.9. The highest BCUT2D eigenvalue weighted by atomic mass is 127. The number of carbonyl (C=O) groups excluding carboxylic acids is 1. The number of thiazole rings is 1. The van der Waals surface area contributed by atoms with Crippen molar-refractivity contribution in [2.75, 3.05) is 20.8 Å². The summed E-state index contributed by atoms with van der Waals surface area (Å²) < 4.78 is 26.9. The van der Waals surface area contributed by atoms with Crippen LogP contribution in [0.5, 0.6) is 17.2 Å². The molecule has 1 atom stereocenters. The number of fused-ring (bicyclic) bond motifs is 1. The van der Waals surface area contributed by atoms with Gasteiger partial charge in [-0.05, 0) is 86.2 Å². The normalized spacial score (nSPS) is 15.2. The lowest BCUT2D eigenvalue weighted by atomic mass is 9.95. The molecule has 2 aromatic carbocycles. The van der Waals surface area contributed by atoms with Gasteiger partial charge < -0.3 is 18.9 Å². The van der Waals surface area contributed by atoms with Crippen LogP contribution in [0.1, 0.15) is 44.9 Å². The summed E-state index contributed by atoms with van der Waals surface area (Å²) in [6.45, 7) is 7.57. The Hall–Kier alpha value is -2.16. The van der Waals surface area contributed by atoms with Crippen LogP contribution in [0.25, 0.3) is 6.08 Å². The molecule has 2 heterocycles. The molecule has 0 bridgehead atoms. The maximum Gasteiger partial charge on any atom is 0.338 e. The van der Waals surface area contributed by atoms with Crippen LogP contribution in [0.2, 0.25) is 0 Å². The summed E-state index contributed by atoms with van der Waals surface area (Å²) in [7, 11) is 3.08. The molecule has 0 saturated heterocycles. The van der Waals surface area contributed by atoms with Crippen LogP contribution in [-0.4, -0.2) is 37.5 Å². The fourth-order valence-electron chi connectivity index (χ4n) is 4.35. The minimum Gasteiger partial charge on any atom is -0.493 e. The summed E-state index contributed by atoms with van der Waals surface area (Å²) >= 11 is 10.6. The van der Waals surface area contributed by atoms with Crippen molar-refractivity contribution in [3.8, 4) is 17.2 Å². The lowest BCUT2D eigenvalue weighted by Gasteiger charge is -2.26. The predicted octanol–water partition coefficient (Wildman–Crippen LogP) is 5.73. The molecule has 1 aliphatic heterocycles. The first-order chi connectivity index (χ1) is 19.0. The number of hydrogen-bond donors (Lipinski definition) is 0. The molecular formula is C28H27Br2IN2O6S. The standard InChI is InChI=1S/C28H27Br2IN2O6S/c1-7-38-27(35)23-14(4)32-28-33(24(23)17-11-20(36-5)21(37-6)12-18(17)30)26(34)22(40-28)9-15-8-16(29)10-19(31)25(15)39-13(2)3/h8-13,24H,7H2,1-6H3/b22-9-/t24-/m0/s1. The highest BCUT2D eigenvalue weighted by molar-refractivity contribution is 14.1. The van der Waals surface area contributed by atoms with E-state index in [-0.39, 0.29) is 23.8 Å². The van der Waals surface area contributed by atoms with E-state index in [1.54, 1.807) is 39.2 Å². The van der Waals surface area contributed by atoms with Gasteiger partial charge in [-0.2, -0.15) is 0 Å². The van der Waals surface area contributed by atoms with Crippen LogP contribution in [0.15, 0.2) is 54.3 Å². The predicted molar refractivity (Wildman–Crippen MR) is 170 cm³/mol. The zero-order chi connectivity index (χ0) is 29.3. The minimum absolute atomic E-state index is 0.0553. The van der Waals surface area contributed by atoms with E-state index >= 15 is 0 Å². The van der Waals surface area contributed by atoms with Gasteiger partial charge in [-0.3, -0.25) is 9.36 Å². The van der Waals surface area contributed by atoms with Gasteiger partial charge in [0.2, 0.25) is 0 Å². The molecule has 0 unspecified atom stereocenters. The maximum atomic E-state index is 14.1. The van der Waals surface area contributed by atoms with Gasteiger partial charge in [0, 0.05) is 14.5 Å². The van der Waals surface area contributed by atoms with E-state index in [9.17, 15) is 9.59 Å². The van der Waals surface area contributed by atoms with Crippen molar-refractivity contribution >= 4 is 77.8 Å². The van der Waals surface area contributed by atoms with Gasteiger partial charge in [-0.25, -0.2) is 9.79 Å². The average Bonchev–Trinajstić information content (AvgIpc) is 3.19. The summed E-state index contributed by atoms with van der Waals surface area (Å²) in [5, 5.41) is 0. The fraction of sp³-hybridized carbons (Fsp3) is 0.321. The Morgan fingerprint density at radius 2 is 1.85 bits per heavy atom. The molecule has 12 heteroatoms. The van der Waals surface area contributed by atoms with Gasteiger partial charge >= 0.3 is 5.97 Å². The Morgan fingerprint density at radius 3 is 2.48 bits per heavy atom. The summed E-state index contributed by atoms with van der Waals surface area (Å²) in [5.74, 6) is 1.11. The van der Waals surface area contributed by atoms with Crippen molar-refractivity contribution in [3.63, 3.8) is 0 Å². The molecule has 1 aromatic heterocycles. The summed E-state index contributed by atoms with van der Waals surface area (Å²) in [4.78, 5) is 32.5. The number of benzene rings is 2. The Labute approximate surface area is 266 Å². The highest BCUT2D eigenvalue weighted by Crippen LogP contribution is 2.41. The van der Waals surface area contributed by atoms with E-state index in [0.29, 0.717) is 42.3 Å². The first-order valence-corrected chi connectivity index (χ1v) is 15.8. The van der Waals surface area contributed by atoms with Crippen molar-refractivity contribution in [3.05, 3.63) is 78.9 Å². The van der Waals surface area contributed by atoms with Crippen LogP contribution < -0.4 is 29.1 Å². The quantitative estimate of drug-likeness (QED) is 0.214. The van der Waals surface area contributed by atoms with E-state index in [2.05, 4.69) is 59.4 Å². The van der Waals surface area contributed by atoms with E-state index in [0.717, 1.165) is 13.6 Å². The topological polar surface area (TPSA) is 88.4 Å². The first kappa shape index (κ1) is 30.8. The monoisotopic (exact) mass is 804 g/mol. The van der Waals surface area contributed by atoms with Crippen LogP contribution in [0, 0.1) is 3.57 Å². The minimum atomic E-state index is -0.819. The molecule has 0 fully saturated rings. The Bertz CT molecular complexity index is 1700. The van der Waals surface area contributed by atoms with Gasteiger partial charge in [0.05, 0.1) is 52.3 Å². The molecule has 0 spiro atoms. The third-order valence-corrected chi connectivity index (χ3v) is 8.92. The van der Waals surface area contributed by atoms with Crippen molar-refractivity contribution in [1.82, 2.24) is 4.57 Å². The number of ether oxygens (including phenoxy) is 4. The Balaban J connectivity index is 2.03. The van der Waals surface area contributed by atoms with Gasteiger partial charge in [0.1, 0.15) is 5.75 Å². The molecular weight excluding hydrogens is 779 g/mol. The molecule has 0 aliphatic carbocycles. The third kappa shape index (κ3) is 6.04. The van der Waals surface area contributed by atoms with Crippen LogP contribution >= 0.6 is 65.8 Å². The second kappa shape index (κ2) is 12.8. The van der Waals surface area contributed by atoms with E-state index in [1.807, 2.05) is 26.0 Å². The lowest BCUT2D eigenvalue weighted by Crippen LogP contribution is -2.40. The van der Waals surface area contributed by atoms with Crippen molar-refractivity contribution in [2.24, 2.45) is 4.99 Å². The van der Waals surface area contributed by atoms with E-state index < -0.39 is 12.0 Å². The zero-order valence-electron chi connectivity index (χ0n) is 22.6. The van der Waals surface area contributed by atoms with Gasteiger partial charge in [0.15, 0.2) is 16.3 Å². The van der Waals surface area contributed by atoms with Crippen LogP contribution in [0.3, 0.4) is 0 Å². The molecule has 1 aliphatic rings. The maximum absolute atomic E-state index is 14.1. The number of halogens is 3. The molecule has 4 rings (SSSR count). The molecule has 8 nitrogen and oxygen atoms in total. The summed E-state index contributed by atoms with van der Waals surface area (Å²) in [6.07, 6.45) is 1.75. The third-order valence-electron chi connectivity index (χ3n) is 5.99. The number of aromatic nitrogens is 1. The first-order valence-electron chi connectivity index (χ1n) is 12.3. The molecule has 40 heavy (non-hydrogen) atoms. The van der Waals surface area contributed by atoms with Gasteiger partial charge in [0.25, 0.3) is 5.56 Å². The number of carbonyl (C=O) groups is 1. The smallest absolute Gasteiger partial charge is 0.338 e. The van der Waals surface area contributed by atoms with Gasteiger partial charge in [-0.1, -0.05) is 43.2 Å². The van der Waals surface area contributed by atoms with Crippen molar-refractivity contribution < 1.29 is 23.7 Å². The SMILES string of the molecule is CCOC(=O)C1=C(C)N=c2s/c(=C\c3cc(Br)cc(I)c3OC(C)C)c(=O)n2[C@H]1c1cc(OC)c(OC)cc1Br. The van der Waals surface area contributed by atoms with Crippen LogP contribution in [0.4, 0.5) is 0 Å². The number of esters is 1. The Kier molecular flexibility index (Phi) is 9.84. The van der Waals surface area contributed by atoms with E-state index in [1.165, 1.54) is 23.0 Å². The Morgan fingerprint density at radius 1 is 1.18 bits per heavy atom. The van der Waals surface area contributed by atoms with E-state index in [4.69, 9.17) is 18.9 Å². The molecule has 0 amide bonds. The molecule has 212 valence electrons. The largest absolute Gasteiger partial charge is 0.493 e. The molecule has 3 aromatic rings. The number of allylic oxidation sites excluding steroid dienone is 1. The fourth-order valence-corrected chi connectivity index (χ4v) is 7.61. The zero-order valence-corrected chi connectivity index (χ0v) is 28.8. The van der Waals surface area contributed by atoms with Crippen molar-refractivity contribution in [1.29, 1.82) is 0 Å². The lowest BCUT2D eigenvalue weighted by molar-refractivity contribution is -0.139. The van der Waals surface area contributed by atoms with Crippen molar-refractivity contribution in [2.45, 2.75) is 39.8 Å². The summed E-state index contributed by atoms with van der Waals surface area (Å²) in [6, 6.07) is 6.56. The van der Waals surface area contributed by atoms with Gasteiger partial charge in [-0.15, -0.1) is 0 Å². The van der Waals surface area contributed by atoms with Crippen LogP contribution in [-0.2, 0) is 9.53 Å². The average molecular weight is 806 g/mol. The second-order valence-electron chi connectivity index (χ2n) is 9.00. The summed E-state index contributed by atoms with van der Waals surface area (Å²) in [5.41, 5.74) is 1.83. The number of rotatable bonds is 8. The number of nitrogens with zero attached hydrogens (tertiary/aromatic N) is 2. The molecule has 0 radical (unpaired) electrons. The molecule has 0 saturated carbocycles. The number of methoxy groups -OCH3 is 2.